The second kappa shape index (κ2) is 21.0. The largest absolute Gasteiger partial charge is 0.394 e. The van der Waals surface area contributed by atoms with E-state index in [4.69, 9.17) is 47.4 Å². The van der Waals surface area contributed by atoms with Gasteiger partial charge in [0.15, 0.2) is 30.9 Å². The van der Waals surface area contributed by atoms with E-state index in [1.54, 1.807) is 0 Å². The molecule has 10 aliphatic rings. The molecular formula is C51H82O23. The van der Waals surface area contributed by atoms with Crippen molar-refractivity contribution in [3.8, 4) is 0 Å². The minimum Gasteiger partial charge on any atom is -0.394 e. The highest BCUT2D eigenvalue weighted by molar-refractivity contribution is 5.27. The topological polar surface area (TPSA) is 355 Å². The van der Waals surface area contributed by atoms with Crippen LogP contribution in [0.25, 0.3) is 0 Å². The maximum absolute atomic E-state index is 12.1. The van der Waals surface area contributed by atoms with Gasteiger partial charge in [0.2, 0.25) is 0 Å². The Morgan fingerprint density at radius 1 is 0.595 bits per heavy atom. The van der Waals surface area contributed by atoms with E-state index in [0.717, 1.165) is 32.1 Å². The summed E-state index contributed by atoms with van der Waals surface area (Å²) in [6, 6.07) is 0. The van der Waals surface area contributed by atoms with Crippen LogP contribution in [0.5, 0.6) is 0 Å². The number of fused-ring (bicyclic) bond motifs is 7. The van der Waals surface area contributed by atoms with Crippen LogP contribution in [0.1, 0.15) is 92.4 Å². The monoisotopic (exact) mass is 1060 g/mol. The molecule has 23 nitrogen and oxygen atoms in total. The number of hydrogen-bond acceptors (Lipinski definition) is 23. The highest BCUT2D eigenvalue weighted by atomic mass is 16.8. The van der Waals surface area contributed by atoms with E-state index in [1.165, 1.54) is 12.5 Å². The number of allylic oxidation sites excluding steroid dienone is 1. The SMILES string of the molecule is C[C@@H]1O[C@@H](O[C@H]2[C@H](O[C@H]3CC[C@@]4(C)C(=CC[C@H]5[C@H]6C[C@@H]7O[C@]8(CC[C@@](C)(CO[C@@H]9O[C@H](CO)[C@@H](O)[C@H](O)[C@H]9O)O8)[C@@H](C)[C@@H]7[C@@]6(C)CC[C@@H]54)C3)O[C@H](CO)[C@@H](O[C@@H]3[C@@H](O)[C@H](O)[C@@H](CO)O[C@H]3O)[C@@H]2O)[C@H](O)[C@H](O)[C@H]1O. The normalized spacial score (nSPS) is 57.4. The molecule has 0 aromatic carbocycles. The zero-order valence-electron chi connectivity index (χ0n) is 42.8. The molecule has 74 heavy (non-hydrogen) atoms. The molecule has 0 amide bonds. The Labute approximate surface area is 430 Å². The summed E-state index contributed by atoms with van der Waals surface area (Å²) in [4.78, 5) is 0. The number of rotatable bonds is 12. The molecule has 4 aliphatic carbocycles. The molecule has 3 saturated carbocycles. The first-order valence-corrected chi connectivity index (χ1v) is 26.9. The fourth-order valence-corrected chi connectivity index (χ4v) is 15.7. The van der Waals surface area contributed by atoms with Crippen molar-refractivity contribution in [1.29, 1.82) is 0 Å². The van der Waals surface area contributed by atoms with Gasteiger partial charge in [0.1, 0.15) is 91.6 Å². The molecule has 13 N–H and O–H groups in total. The van der Waals surface area contributed by atoms with Crippen molar-refractivity contribution in [2.45, 2.75) is 239 Å². The zero-order chi connectivity index (χ0) is 53.1. The first-order valence-electron chi connectivity index (χ1n) is 26.9. The Kier molecular flexibility index (Phi) is 16.0. The third kappa shape index (κ3) is 9.38. The summed E-state index contributed by atoms with van der Waals surface area (Å²) in [5, 5.41) is 137. The van der Waals surface area contributed by atoms with Gasteiger partial charge in [-0.1, -0.05) is 32.4 Å². The first-order chi connectivity index (χ1) is 35.0. The summed E-state index contributed by atoms with van der Waals surface area (Å²) in [7, 11) is 0. The van der Waals surface area contributed by atoms with Gasteiger partial charge in [0.05, 0.1) is 50.3 Å². The molecule has 6 saturated heterocycles. The Balaban J connectivity index is 0.811. The Hall–Kier alpha value is -1.18. The Bertz CT molecular complexity index is 1990. The van der Waals surface area contributed by atoms with Gasteiger partial charge in [-0.3, -0.25) is 0 Å². The summed E-state index contributed by atoms with van der Waals surface area (Å²) in [6.45, 7) is 8.49. The molecule has 0 radical (unpaired) electrons. The van der Waals surface area contributed by atoms with Gasteiger partial charge in [0.25, 0.3) is 0 Å². The van der Waals surface area contributed by atoms with Crippen LogP contribution in [0.2, 0.25) is 0 Å². The molecule has 23 heteroatoms. The maximum atomic E-state index is 12.1. The smallest absolute Gasteiger partial charge is 0.187 e. The van der Waals surface area contributed by atoms with Crippen LogP contribution in [0.4, 0.5) is 0 Å². The van der Waals surface area contributed by atoms with Crippen molar-refractivity contribution in [2.24, 2.45) is 40.4 Å². The lowest BCUT2D eigenvalue weighted by atomic mass is 9.47. The highest BCUT2D eigenvalue weighted by Crippen LogP contribution is 2.71. The van der Waals surface area contributed by atoms with Gasteiger partial charge in [-0.05, 0) is 99.7 Å². The summed E-state index contributed by atoms with van der Waals surface area (Å²) >= 11 is 0. The summed E-state index contributed by atoms with van der Waals surface area (Å²) < 4.78 is 61.7. The predicted octanol–water partition coefficient (Wildman–Crippen LogP) is -2.85. The van der Waals surface area contributed by atoms with E-state index in [-0.39, 0.29) is 35.4 Å². The second-order valence-corrected chi connectivity index (χ2v) is 24.2. The third-order valence-corrected chi connectivity index (χ3v) is 19.9. The van der Waals surface area contributed by atoms with E-state index in [9.17, 15) is 66.4 Å². The minimum absolute atomic E-state index is 0.00319. The molecule has 1 spiro atoms. The fraction of sp³-hybridized carbons (Fsp3) is 0.961. The molecule has 6 aliphatic heterocycles. The summed E-state index contributed by atoms with van der Waals surface area (Å²) in [6.07, 6.45) is -21.5. The van der Waals surface area contributed by atoms with Gasteiger partial charge in [0, 0.05) is 12.3 Å². The molecule has 0 aromatic rings. The van der Waals surface area contributed by atoms with Crippen molar-refractivity contribution in [2.75, 3.05) is 26.4 Å². The van der Waals surface area contributed by atoms with Crippen molar-refractivity contribution in [1.82, 2.24) is 0 Å². The van der Waals surface area contributed by atoms with Crippen LogP contribution in [0.3, 0.4) is 0 Å². The van der Waals surface area contributed by atoms with E-state index < -0.39 is 160 Å². The molecular weight excluding hydrogens is 981 g/mol. The number of hydrogen-bond donors (Lipinski definition) is 13. The average molecular weight is 1060 g/mol. The minimum atomic E-state index is -1.88. The fourth-order valence-electron chi connectivity index (χ4n) is 15.7. The van der Waals surface area contributed by atoms with Crippen LogP contribution in [0, 0.1) is 40.4 Å². The molecule has 424 valence electrons. The van der Waals surface area contributed by atoms with E-state index in [1.807, 2.05) is 6.92 Å². The van der Waals surface area contributed by atoms with Crippen LogP contribution >= 0.6 is 0 Å². The number of ether oxygens (including phenoxy) is 10. The van der Waals surface area contributed by atoms with Crippen molar-refractivity contribution in [3.05, 3.63) is 11.6 Å². The average Bonchev–Trinajstić information content (AvgIpc) is 4.02. The molecule has 31 atom stereocenters. The van der Waals surface area contributed by atoms with Gasteiger partial charge in [-0.2, -0.15) is 0 Å². The van der Waals surface area contributed by atoms with Crippen LogP contribution < -0.4 is 0 Å². The predicted molar refractivity (Wildman–Crippen MR) is 248 cm³/mol. The van der Waals surface area contributed by atoms with E-state index in [2.05, 4.69) is 26.8 Å². The molecule has 0 aromatic heterocycles. The molecule has 6 heterocycles. The van der Waals surface area contributed by atoms with Gasteiger partial charge >= 0.3 is 0 Å². The first kappa shape index (κ1) is 56.1. The lowest BCUT2D eigenvalue weighted by Crippen LogP contribution is -2.67. The van der Waals surface area contributed by atoms with Gasteiger partial charge < -0.3 is 114 Å². The van der Waals surface area contributed by atoms with E-state index in [0.29, 0.717) is 43.4 Å². The van der Waals surface area contributed by atoms with Gasteiger partial charge in [-0.25, -0.2) is 0 Å². The zero-order valence-corrected chi connectivity index (χ0v) is 42.8. The van der Waals surface area contributed by atoms with E-state index >= 15 is 0 Å². The number of aliphatic hydroxyl groups excluding tert-OH is 13. The lowest BCUT2D eigenvalue weighted by molar-refractivity contribution is -0.383. The van der Waals surface area contributed by atoms with Crippen LogP contribution in [-0.4, -0.2) is 239 Å². The molecule has 0 bridgehead atoms. The second-order valence-electron chi connectivity index (χ2n) is 24.2. The highest BCUT2D eigenvalue weighted by Gasteiger charge is 2.70. The van der Waals surface area contributed by atoms with Crippen molar-refractivity contribution < 1.29 is 114 Å². The van der Waals surface area contributed by atoms with Crippen molar-refractivity contribution >= 4 is 0 Å². The molecule has 9 fully saturated rings. The van der Waals surface area contributed by atoms with Gasteiger partial charge in [-0.15, -0.1) is 0 Å². The molecule has 0 unspecified atom stereocenters. The van der Waals surface area contributed by atoms with Crippen LogP contribution in [-0.2, 0) is 47.4 Å². The summed E-state index contributed by atoms with van der Waals surface area (Å²) in [5.41, 5.74) is 0.332. The third-order valence-electron chi connectivity index (χ3n) is 19.9. The van der Waals surface area contributed by atoms with Crippen LogP contribution in [0.15, 0.2) is 11.6 Å². The Morgan fingerprint density at radius 2 is 1.26 bits per heavy atom. The quantitative estimate of drug-likeness (QED) is 0.0875. The number of aliphatic hydroxyl groups is 13. The summed E-state index contributed by atoms with van der Waals surface area (Å²) in [5.74, 6) is 0.725. The molecule has 10 rings (SSSR count). The lowest BCUT2D eigenvalue weighted by Gasteiger charge is -2.58. The van der Waals surface area contributed by atoms with Crippen molar-refractivity contribution in [3.63, 3.8) is 0 Å². The Morgan fingerprint density at radius 3 is 1.97 bits per heavy atom. The maximum Gasteiger partial charge on any atom is 0.187 e. The standard InChI is InChI=1S/C51H82O23/c1-20-31-27(73-51(20)13-12-48(3,74-51)19-65-45-38(61)36(59)33(56)29(17-53)69-45)15-26-24-7-6-22-14-23(8-10-49(22,4)25(24)9-11-50(26,31)5)67-47-43(72-46-39(62)35(58)32(55)21(2)66-46)40(63)41(30(18-54)70-47)71-42-37(60)34(57)28(16-52)68-44(42)64/h6,20-21,23-47,52-64H,7-19H2,1-5H3/t20-,21-,23-,24+,25-,26+,27-,28+,29+,30+,31-,32-,33+,34+,35+,36-,37-,38+,39+,40-,41+,42+,43+,44+,45+,46-,47+,48-,49-,50-,51-/m0/s1.